The van der Waals surface area contributed by atoms with E-state index >= 15 is 0 Å². The number of aliphatic hydroxyl groups excluding tert-OH is 2. The number of pyridine rings is 4. The average Bonchev–Trinajstić information content (AvgIpc) is 3.61. The van der Waals surface area contributed by atoms with Crippen molar-refractivity contribution in [3.8, 4) is 0 Å². The summed E-state index contributed by atoms with van der Waals surface area (Å²) in [5.41, 5.74) is 5.05. The van der Waals surface area contributed by atoms with E-state index in [1.54, 1.807) is 12.4 Å². The summed E-state index contributed by atoms with van der Waals surface area (Å²) in [6.07, 6.45) is 20.9. The molecule has 336 valence electrons. The minimum absolute atomic E-state index is 0.00383. The highest BCUT2D eigenvalue weighted by Gasteiger charge is 2.57. The summed E-state index contributed by atoms with van der Waals surface area (Å²) in [6.45, 7) is 5.80. The Labute approximate surface area is 373 Å². The Morgan fingerprint density at radius 1 is 0.656 bits per heavy atom. The first-order chi connectivity index (χ1) is 31.2. The second-order valence-corrected chi connectivity index (χ2v) is 18.4. The Bertz CT molecular complexity index is 2330. The van der Waals surface area contributed by atoms with Crippen LogP contribution in [0.3, 0.4) is 0 Å². The van der Waals surface area contributed by atoms with Crippen molar-refractivity contribution in [3.63, 3.8) is 0 Å². The lowest BCUT2D eigenvalue weighted by Crippen LogP contribution is -2.47. The van der Waals surface area contributed by atoms with Crippen molar-refractivity contribution in [1.82, 2.24) is 39.5 Å². The zero-order chi connectivity index (χ0) is 44.5. The number of fused-ring (bicyclic) bond motifs is 8. The summed E-state index contributed by atoms with van der Waals surface area (Å²) in [5.74, 6) is -1.28. The van der Waals surface area contributed by atoms with Crippen LogP contribution in [0.25, 0.3) is 12.2 Å². The highest BCUT2D eigenvalue weighted by molar-refractivity contribution is 5.82. The molecule has 2 aliphatic carbocycles. The number of hydrogen-bond acceptors (Lipinski definition) is 10. The number of rotatable bonds is 12. The molecule has 4 aromatic heterocycles. The summed E-state index contributed by atoms with van der Waals surface area (Å²) < 4.78 is 3.65. The summed E-state index contributed by atoms with van der Waals surface area (Å²) >= 11 is 0. The van der Waals surface area contributed by atoms with Crippen LogP contribution in [0.1, 0.15) is 98.1 Å². The van der Waals surface area contributed by atoms with E-state index < -0.39 is 11.8 Å². The van der Waals surface area contributed by atoms with Crippen molar-refractivity contribution in [2.45, 2.75) is 115 Å². The maximum Gasteiger partial charge on any atom is 0.258 e. The van der Waals surface area contributed by atoms with E-state index in [-0.39, 0.29) is 84.2 Å². The molecule has 4 aromatic rings. The molecule has 0 unspecified atom stereocenters. The van der Waals surface area contributed by atoms with Gasteiger partial charge in [-0.05, 0) is 99.9 Å². The van der Waals surface area contributed by atoms with Crippen LogP contribution in [-0.4, -0.2) is 88.3 Å². The molecule has 0 radical (unpaired) electrons. The molecular formula is C50H60N8O6. The maximum absolute atomic E-state index is 13.5. The van der Waals surface area contributed by atoms with Gasteiger partial charge in [-0.1, -0.05) is 36.4 Å². The summed E-state index contributed by atoms with van der Waals surface area (Å²) in [5, 5.41) is 27.2. The zero-order valence-corrected chi connectivity index (χ0v) is 36.7. The van der Waals surface area contributed by atoms with Crippen LogP contribution in [0.4, 0.5) is 0 Å². The highest BCUT2D eigenvalue weighted by atomic mass is 16.3. The number of nitrogens with zero attached hydrogens (tertiary/aromatic N) is 6. The Hall–Kier alpha value is -5.54. The molecule has 14 heteroatoms. The van der Waals surface area contributed by atoms with E-state index in [2.05, 4.69) is 30.4 Å². The first kappa shape index (κ1) is 43.7. The number of hydrogen-bond donors (Lipinski definition) is 4. The lowest BCUT2D eigenvalue weighted by atomic mass is 9.85. The fourth-order valence-electron chi connectivity index (χ4n) is 11.2. The third-order valence-corrected chi connectivity index (χ3v) is 14.8. The van der Waals surface area contributed by atoms with E-state index in [1.807, 2.05) is 108 Å². The van der Waals surface area contributed by atoms with Gasteiger partial charge in [0.1, 0.15) is 0 Å². The van der Waals surface area contributed by atoms with Crippen molar-refractivity contribution in [3.05, 3.63) is 140 Å². The van der Waals surface area contributed by atoms with Gasteiger partial charge in [0.15, 0.2) is 0 Å². The molecule has 14 nitrogen and oxygen atoms in total. The number of nitrogens with one attached hydrogen (secondary N) is 2. The number of aliphatic hydroxyl groups is 2. The van der Waals surface area contributed by atoms with Crippen LogP contribution in [-0.2, 0) is 35.8 Å². The van der Waals surface area contributed by atoms with Crippen LogP contribution in [0.5, 0.6) is 0 Å². The Balaban J connectivity index is 0.000000162. The highest BCUT2D eigenvalue weighted by Crippen LogP contribution is 2.50. The Morgan fingerprint density at radius 2 is 1.08 bits per heavy atom. The summed E-state index contributed by atoms with van der Waals surface area (Å²) in [6, 6.07) is 15.3. The molecule has 4 fully saturated rings. The van der Waals surface area contributed by atoms with Gasteiger partial charge >= 0.3 is 0 Å². The fraction of sp³-hybridized carbons (Fsp3) is 0.480. The van der Waals surface area contributed by atoms with Crippen molar-refractivity contribution in [2.75, 3.05) is 13.2 Å². The monoisotopic (exact) mass is 868 g/mol. The standard InChI is InChI=1S/2C25H30N4O3/c2*1-2-5-17-9-10-20-23-22(24(31)27-18-7-3-8-18)19(15-30)21(14-29(20)25(17)32)28(23)13-16-6-4-11-26-12-16/h2*2,4-6,9-12,18-19,21-23,30H,3,7-8,13-15H2,1H3,(H,27,31)/b5-2+;5-2-/t2*19-,21-,22+,23+/m11/s1. The first-order valence-corrected chi connectivity index (χ1v) is 23.1. The largest absolute Gasteiger partial charge is 0.396 e. The van der Waals surface area contributed by atoms with Gasteiger partial charge in [-0.15, -0.1) is 0 Å². The van der Waals surface area contributed by atoms with E-state index in [9.17, 15) is 29.4 Å². The fourth-order valence-corrected chi connectivity index (χ4v) is 11.2. The van der Waals surface area contributed by atoms with Gasteiger partial charge < -0.3 is 30.0 Å². The van der Waals surface area contributed by atoms with Gasteiger partial charge in [0.25, 0.3) is 11.1 Å². The van der Waals surface area contributed by atoms with Crippen molar-refractivity contribution >= 4 is 24.0 Å². The molecule has 8 heterocycles. The third-order valence-electron chi connectivity index (χ3n) is 14.8. The number of carbonyl (C=O) groups excluding carboxylic acids is 2. The van der Waals surface area contributed by atoms with Crippen LogP contribution >= 0.6 is 0 Å². The van der Waals surface area contributed by atoms with E-state index in [0.29, 0.717) is 37.3 Å². The molecular weight excluding hydrogens is 809 g/mol. The van der Waals surface area contributed by atoms with E-state index in [0.717, 1.165) is 61.0 Å². The van der Waals surface area contributed by atoms with Gasteiger partial charge in [0.2, 0.25) is 11.8 Å². The summed E-state index contributed by atoms with van der Waals surface area (Å²) in [7, 11) is 0. The molecule has 6 aliphatic rings. The maximum atomic E-state index is 13.5. The van der Waals surface area contributed by atoms with Crippen LogP contribution in [0.2, 0.25) is 0 Å². The molecule has 64 heavy (non-hydrogen) atoms. The van der Waals surface area contributed by atoms with Crippen molar-refractivity contribution in [1.29, 1.82) is 0 Å². The van der Waals surface area contributed by atoms with Gasteiger partial charge in [-0.3, -0.25) is 38.9 Å². The van der Waals surface area contributed by atoms with Crippen LogP contribution in [0, 0.1) is 23.7 Å². The van der Waals surface area contributed by atoms with Gasteiger partial charge in [-0.25, -0.2) is 0 Å². The number of amides is 2. The molecule has 2 saturated carbocycles. The predicted octanol–water partition coefficient (Wildman–Crippen LogP) is 4.22. The summed E-state index contributed by atoms with van der Waals surface area (Å²) in [4.78, 5) is 66.4. The Morgan fingerprint density at radius 3 is 1.41 bits per heavy atom. The molecule has 0 spiro atoms. The Kier molecular flexibility index (Phi) is 12.9. The number of allylic oxidation sites excluding steroid dienone is 2. The quantitative estimate of drug-likeness (QED) is 0.162. The third kappa shape index (κ3) is 8.10. The van der Waals surface area contributed by atoms with E-state index in [4.69, 9.17) is 0 Å². The topological polar surface area (TPSA) is 175 Å². The van der Waals surface area contributed by atoms with E-state index in [1.165, 1.54) is 0 Å². The molecule has 4 aliphatic heterocycles. The smallest absolute Gasteiger partial charge is 0.258 e. The van der Waals surface area contributed by atoms with Crippen molar-refractivity contribution in [2.24, 2.45) is 23.7 Å². The number of aromatic nitrogens is 4. The van der Waals surface area contributed by atoms with Gasteiger partial charge in [0.05, 0.1) is 23.9 Å². The molecule has 0 aromatic carbocycles. The molecule has 4 bridgehead atoms. The minimum atomic E-state index is -0.400. The normalized spacial score (nSPS) is 27.3. The molecule has 10 rings (SSSR count). The lowest BCUT2D eigenvalue weighted by Gasteiger charge is -2.38. The van der Waals surface area contributed by atoms with Gasteiger partial charge in [0, 0.05) is 123 Å². The molecule has 2 saturated heterocycles. The zero-order valence-electron chi connectivity index (χ0n) is 36.7. The molecule has 2 amide bonds. The van der Waals surface area contributed by atoms with Gasteiger partial charge in [-0.2, -0.15) is 0 Å². The van der Waals surface area contributed by atoms with Crippen molar-refractivity contribution < 1.29 is 19.8 Å². The lowest BCUT2D eigenvalue weighted by molar-refractivity contribution is -0.129. The second-order valence-electron chi connectivity index (χ2n) is 18.4. The minimum Gasteiger partial charge on any atom is -0.396 e. The molecule has 8 atom stereocenters. The van der Waals surface area contributed by atoms with Crippen LogP contribution < -0.4 is 21.8 Å². The SMILES string of the molecule is C/C=C/c1ccc2n(c1=O)C[C@@H]1[C@@H](CO)[C@H](C(=O)NC3CCC3)[C@H]2N1Cc1cccnc1.C/C=C\c1ccc2n(c1=O)C[C@@H]1[C@@H](CO)[C@H](C(=O)NC3CCC3)[C@H]2N1Cc1cccnc1. The average molecular weight is 869 g/mol. The number of carbonyl (C=O) groups is 2. The molecule has 4 N–H and O–H groups in total. The first-order valence-electron chi connectivity index (χ1n) is 23.1. The second kappa shape index (κ2) is 18.9. The predicted molar refractivity (Wildman–Crippen MR) is 243 cm³/mol. The van der Waals surface area contributed by atoms with Crippen LogP contribution in [0.15, 0.2) is 95.1 Å².